The second-order valence-electron chi connectivity index (χ2n) is 7.15. The number of nitrogens with one attached hydrogen (secondary N) is 1. The first kappa shape index (κ1) is 14.9. The van der Waals surface area contributed by atoms with Crippen LogP contribution in [0.2, 0.25) is 0 Å². The minimum Gasteiger partial charge on any atom is -0.376 e. The molecule has 0 bridgehead atoms. The quantitative estimate of drug-likeness (QED) is 0.877. The van der Waals surface area contributed by atoms with Crippen LogP contribution in [0.15, 0.2) is 24.5 Å². The highest BCUT2D eigenvalue weighted by Crippen LogP contribution is 2.32. The van der Waals surface area contributed by atoms with Gasteiger partial charge in [-0.15, -0.1) is 0 Å². The van der Waals surface area contributed by atoms with E-state index in [-0.39, 0.29) is 18.2 Å². The average molecular weight is 315 g/mol. The molecule has 0 spiro atoms. The molecule has 1 saturated heterocycles. The Morgan fingerprint density at radius 1 is 1.22 bits per heavy atom. The van der Waals surface area contributed by atoms with Crippen molar-refractivity contribution < 1.29 is 9.53 Å². The second kappa shape index (κ2) is 6.48. The third kappa shape index (κ3) is 3.83. The van der Waals surface area contributed by atoms with Gasteiger partial charge in [0.1, 0.15) is 0 Å². The molecule has 5 heteroatoms. The fourth-order valence-corrected chi connectivity index (χ4v) is 3.30. The maximum absolute atomic E-state index is 12.5. The molecule has 1 aromatic rings. The van der Waals surface area contributed by atoms with Gasteiger partial charge in [-0.3, -0.25) is 4.98 Å². The lowest BCUT2D eigenvalue weighted by molar-refractivity contribution is 0.0259. The van der Waals surface area contributed by atoms with E-state index < -0.39 is 0 Å². The van der Waals surface area contributed by atoms with Crippen molar-refractivity contribution in [3.8, 4) is 0 Å². The Hall–Kier alpha value is -1.62. The number of hydrogen-bond acceptors (Lipinski definition) is 3. The molecule has 2 saturated carbocycles. The van der Waals surface area contributed by atoms with Crippen LogP contribution in [-0.2, 0) is 11.2 Å². The van der Waals surface area contributed by atoms with Gasteiger partial charge in [-0.1, -0.05) is 0 Å². The number of pyridine rings is 1. The minimum absolute atomic E-state index is 0.0871. The molecule has 3 fully saturated rings. The van der Waals surface area contributed by atoms with Crippen LogP contribution in [0.3, 0.4) is 0 Å². The van der Waals surface area contributed by atoms with E-state index in [1.807, 2.05) is 29.4 Å². The predicted octanol–water partition coefficient (Wildman–Crippen LogP) is 2.37. The van der Waals surface area contributed by atoms with E-state index in [0.29, 0.717) is 6.04 Å². The summed E-state index contributed by atoms with van der Waals surface area (Å²) in [4.78, 5) is 18.6. The van der Waals surface area contributed by atoms with Crippen molar-refractivity contribution in [3.05, 3.63) is 30.1 Å². The van der Waals surface area contributed by atoms with Gasteiger partial charge in [-0.25, -0.2) is 4.79 Å². The molecule has 3 aliphatic rings. The van der Waals surface area contributed by atoms with Gasteiger partial charge in [-0.2, -0.15) is 0 Å². The molecular weight excluding hydrogens is 290 g/mol. The number of urea groups is 1. The Labute approximate surface area is 137 Å². The van der Waals surface area contributed by atoms with Crippen LogP contribution in [0.5, 0.6) is 0 Å². The fraction of sp³-hybridized carbons (Fsp3) is 0.667. The standard InChI is InChI=1S/C18H25N3O2/c22-18(20-15-3-4-15)21-10-7-17(23-12-14-1-2-14)16(21)11-13-5-8-19-9-6-13/h5-6,8-9,14-17H,1-4,7,10-12H2,(H,20,22)/t16-,17-/m1/s1. The van der Waals surface area contributed by atoms with E-state index in [4.69, 9.17) is 4.74 Å². The van der Waals surface area contributed by atoms with Crippen LogP contribution < -0.4 is 5.32 Å². The summed E-state index contributed by atoms with van der Waals surface area (Å²) in [5, 5.41) is 3.13. The molecule has 5 nitrogen and oxygen atoms in total. The highest BCUT2D eigenvalue weighted by atomic mass is 16.5. The van der Waals surface area contributed by atoms with Crippen molar-refractivity contribution in [2.24, 2.45) is 5.92 Å². The molecule has 124 valence electrons. The van der Waals surface area contributed by atoms with E-state index in [0.717, 1.165) is 44.8 Å². The van der Waals surface area contributed by atoms with Gasteiger partial charge in [-0.05, 0) is 62.1 Å². The van der Waals surface area contributed by atoms with Gasteiger partial charge in [0, 0.05) is 31.6 Å². The number of hydrogen-bond donors (Lipinski definition) is 1. The summed E-state index contributed by atoms with van der Waals surface area (Å²) in [6.07, 6.45) is 10.4. The second-order valence-corrected chi connectivity index (χ2v) is 7.15. The number of nitrogens with zero attached hydrogens (tertiary/aromatic N) is 2. The number of ether oxygens (including phenoxy) is 1. The Morgan fingerprint density at radius 3 is 2.70 bits per heavy atom. The largest absolute Gasteiger partial charge is 0.376 e. The molecule has 0 radical (unpaired) electrons. The summed E-state index contributed by atoms with van der Waals surface area (Å²) in [5.41, 5.74) is 1.22. The van der Waals surface area contributed by atoms with Crippen molar-refractivity contribution in [2.45, 2.75) is 56.7 Å². The lowest BCUT2D eigenvalue weighted by Crippen LogP contribution is -2.47. The highest BCUT2D eigenvalue weighted by Gasteiger charge is 2.40. The molecule has 0 aromatic carbocycles. The zero-order chi connectivity index (χ0) is 15.6. The van der Waals surface area contributed by atoms with Crippen LogP contribution in [-0.4, -0.2) is 47.3 Å². The van der Waals surface area contributed by atoms with Gasteiger partial charge >= 0.3 is 6.03 Å². The van der Waals surface area contributed by atoms with Crippen molar-refractivity contribution >= 4 is 6.03 Å². The fourth-order valence-electron chi connectivity index (χ4n) is 3.30. The predicted molar refractivity (Wildman–Crippen MR) is 87.1 cm³/mol. The van der Waals surface area contributed by atoms with Gasteiger partial charge < -0.3 is 15.0 Å². The monoisotopic (exact) mass is 315 g/mol. The molecule has 2 heterocycles. The first-order chi connectivity index (χ1) is 11.3. The van der Waals surface area contributed by atoms with Crippen LogP contribution in [0.4, 0.5) is 4.79 Å². The smallest absolute Gasteiger partial charge is 0.317 e. The number of rotatable bonds is 6. The first-order valence-electron chi connectivity index (χ1n) is 8.87. The van der Waals surface area contributed by atoms with Crippen LogP contribution in [0, 0.1) is 5.92 Å². The molecule has 2 amide bonds. The number of carbonyl (C=O) groups excluding carboxylic acids is 1. The Bertz CT molecular complexity index is 542. The summed E-state index contributed by atoms with van der Waals surface area (Å²) in [6.45, 7) is 1.65. The topological polar surface area (TPSA) is 54.5 Å². The van der Waals surface area contributed by atoms with Crippen LogP contribution in [0.25, 0.3) is 0 Å². The molecule has 1 aromatic heterocycles. The Morgan fingerprint density at radius 2 is 2.00 bits per heavy atom. The van der Waals surface area contributed by atoms with E-state index in [2.05, 4.69) is 10.3 Å². The normalized spacial score (nSPS) is 27.2. The summed E-state index contributed by atoms with van der Waals surface area (Å²) < 4.78 is 6.18. The van der Waals surface area contributed by atoms with Gasteiger partial charge in [0.15, 0.2) is 0 Å². The van der Waals surface area contributed by atoms with Gasteiger partial charge in [0.2, 0.25) is 0 Å². The zero-order valence-corrected chi connectivity index (χ0v) is 13.5. The zero-order valence-electron chi connectivity index (χ0n) is 13.5. The summed E-state index contributed by atoms with van der Waals surface area (Å²) in [7, 11) is 0. The van der Waals surface area contributed by atoms with E-state index in [1.54, 1.807) is 0 Å². The minimum atomic E-state index is 0.0871. The van der Waals surface area contributed by atoms with Crippen molar-refractivity contribution in [3.63, 3.8) is 0 Å². The number of amides is 2. The molecule has 23 heavy (non-hydrogen) atoms. The molecule has 1 N–H and O–H groups in total. The molecule has 2 aliphatic carbocycles. The van der Waals surface area contributed by atoms with Crippen LogP contribution >= 0.6 is 0 Å². The molecular formula is C18H25N3O2. The van der Waals surface area contributed by atoms with E-state index >= 15 is 0 Å². The average Bonchev–Trinajstić information content (AvgIpc) is 3.48. The number of likely N-dealkylation sites (tertiary alicyclic amines) is 1. The van der Waals surface area contributed by atoms with Crippen molar-refractivity contribution in [1.82, 2.24) is 15.2 Å². The van der Waals surface area contributed by atoms with Crippen molar-refractivity contribution in [2.75, 3.05) is 13.2 Å². The van der Waals surface area contributed by atoms with Crippen molar-refractivity contribution in [1.29, 1.82) is 0 Å². The first-order valence-corrected chi connectivity index (χ1v) is 8.87. The van der Waals surface area contributed by atoms with Crippen LogP contribution in [0.1, 0.15) is 37.7 Å². The van der Waals surface area contributed by atoms with Gasteiger partial charge in [0.05, 0.1) is 12.1 Å². The lowest BCUT2D eigenvalue weighted by Gasteiger charge is -2.28. The maximum atomic E-state index is 12.5. The summed E-state index contributed by atoms with van der Waals surface area (Å²) in [6, 6.07) is 4.69. The third-order valence-electron chi connectivity index (χ3n) is 5.09. The SMILES string of the molecule is O=C(NC1CC1)N1CC[C@@H](OCC2CC2)[C@H]1Cc1ccncc1. The Kier molecular flexibility index (Phi) is 4.21. The number of aromatic nitrogens is 1. The number of carbonyl (C=O) groups is 1. The molecule has 4 rings (SSSR count). The molecule has 1 aliphatic heterocycles. The molecule has 0 unspecified atom stereocenters. The molecule has 2 atom stereocenters. The maximum Gasteiger partial charge on any atom is 0.317 e. The summed E-state index contributed by atoms with van der Waals surface area (Å²) in [5.74, 6) is 0.755. The summed E-state index contributed by atoms with van der Waals surface area (Å²) >= 11 is 0. The highest BCUT2D eigenvalue weighted by molar-refractivity contribution is 5.75. The third-order valence-corrected chi connectivity index (χ3v) is 5.09. The van der Waals surface area contributed by atoms with E-state index in [1.165, 1.54) is 18.4 Å². The Balaban J connectivity index is 1.44. The van der Waals surface area contributed by atoms with Gasteiger partial charge in [0.25, 0.3) is 0 Å². The van der Waals surface area contributed by atoms with E-state index in [9.17, 15) is 4.79 Å². The lowest BCUT2D eigenvalue weighted by atomic mass is 10.0.